The minimum Gasteiger partial charge on any atom is -0.379 e. The van der Waals surface area contributed by atoms with Gasteiger partial charge in [0.1, 0.15) is 0 Å². The predicted octanol–water partition coefficient (Wildman–Crippen LogP) is 0.609. The van der Waals surface area contributed by atoms with Crippen LogP contribution in [0.15, 0.2) is 0 Å². The Balaban J connectivity index is 2.65. The van der Waals surface area contributed by atoms with Crippen LogP contribution in [0.4, 0.5) is 0 Å². The first-order valence-corrected chi connectivity index (χ1v) is 5.74. The summed E-state index contributed by atoms with van der Waals surface area (Å²) in [6.07, 6.45) is 1.38. The molecule has 0 saturated carbocycles. The fourth-order valence-corrected chi connectivity index (χ4v) is 1.89. The topological polar surface area (TPSA) is 55.6 Å². The van der Waals surface area contributed by atoms with Crippen LogP contribution in [-0.2, 0) is 9.53 Å². The van der Waals surface area contributed by atoms with Crippen molar-refractivity contribution in [1.82, 2.24) is 4.90 Å². The van der Waals surface area contributed by atoms with Gasteiger partial charge in [0.25, 0.3) is 0 Å². The molecule has 0 aromatic carbocycles. The van der Waals surface area contributed by atoms with Gasteiger partial charge in [-0.2, -0.15) is 0 Å². The molecule has 1 fully saturated rings. The van der Waals surface area contributed by atoms with Gasteiger partial charge in [-0.1, -0.05) is 13.8 Å². The van der Waals surface area contributed by atoms with Crippen LogP contribution in [0.3, 0.4) is 0 Å². The highest BCUT2D eigenvalue weighted by atomic mass is 16.5. The Hall–Kier alpha value is -0.610. The Kier molecular flexibility index (Phi) is 5.05. The lowest BCUT2D eigenvalue weighted by atomic mass is 10.0. The quantitative estimate of drug-likeness (QED) is 0.746. The van der Waals surface area contributed by atoms with Crippen molar-refractivity contribution in [2.45, 2.75) is 32.7 Å². The van der Waals surface area contributed by atoms with Gasteiger partial charge in [0.05, 0.1) is 25.7 Å². The minimum absolute atomic E-state index is 0.208. The highest BCUT2D eigenvalue weighted by Gasteiger charge is 2.28. The van der Waals surface area contributed by atoms with E-state index in [-0.39, 0.29) is 11.9 Å². The van der Waals surface area contributed by atoms with Crippen LogP contribution in [0.5, 0.6) is 0 Å². The normalized spacial score (nSPS) is 23.3. The first-order valence-electron chi connectivity index (χ1n) is 5.74. The van der Waals surface area contributed by atoms with E-state index in [1.54, 1.807) is 0 Å². The number of amides is 1. The molecule has 2 N–H and O–H groups in total. The number of ether oxygens (including phenoxy) is 1. The van der Waals surface area contributed by atoms with Crippen molar-refractivity contribution < 1.29 is 9.53 Å². The van der Waals surface area contributed by atoms with Gasteiger partial charge in [-0.25, -0.2) is 0 Å². The van der Waals surface area contributed by atoms with Crippen LogP contribution < -0.4 is 5.73 Å². The van der Waals surface area contributed by atoms with E-state index in [0.29, 0.717) is 32.1 Å². The van der Waals surface area contributed by atoms with Gasteiger partial charge in [-0.3, -0.25) is 4.79 Å². The van der Waals surface area contributed by atoms with E-state index in [1.165, 1.54) is 0 Å². The second-order valence-corrected chi connectivity index (χ2v) is 4.37. The van der Waals surface area contributed by atoms with Gasteiger partial charge in [-0.15, -0.1) is 0 Å². The first-order chi connectivity index (χ1) is 7.16. The van der Waals surface area contributed by atoms with Crippen molar-refractivity contribution in [1.29, 1.82) is 0 Å². The van der Waals surface area contributed by atoms with Crippen LogP contribution in [0.1, 0.15) is 26.7 Å². The molecule has 1 heterocycles. The molecular weight excluding hydrogens is 192 g/mol. The fourth-order valence-electron chi connectivity index (χ4n) is 1.89. The van der Waals surface area contributed by atoms with E-state index in [0.717, 1.165) is 13.0 Å². The van der Waals surface area contributed by atoms with Gasteiger partial charge in [0.2, 0.25) is 5.91 Å². The molecule has 4 nitrogen and oxygen atoms in total. The number of carbonyl (C=O) groups is 1. The highest BCUT2D eigenvalue weighted by molar-refractivity contribution is 5.76. The number of nitrogens with two attached hydrogens (primary N) is 1. The van der Waals surface area contributed by atoms with Crippen molar-refractivity contribution >= 4 is 5.91 Å². The third-order valence-corrected chi connectivity index (χ3v) is 2.84. The van der Waals surface area contributed by atoms with Crippen LogP contribution in [0, 0.1) is 5.92 Å². The second kappa shape index (κ2) is 6.08. The van der Waals surface area contributed by atoms with E-state index in [4.69, 9.17) is 10.5 Å². The van der Waals surface area contributed by atoms with Crippen molar-refractivity contribution in [2.24, 2.45) is 11.7 Å². The zero-order valence-corrected chi connectivity index (χ0v) is 9.74. The zero-order chi connectivity index (χ0) is 11.3. The molecule has 0 radical (unpaired) electrons. The van der Waals surface area contributed by atoms with Crippen molar-refractivity contribution in [2.75, 3.05) is 26.3 Å². The Labute approximate surface area is 91.8 Å². The summed E-state index contributed by atoms with van der Waals surface area (Å²) in [5, 5.41) is 0. The first kappa shape index (κ1) is 12.5. The molecule has 0 aliphatic carbocycles. The Morgan fingerprint density at radius 2 is 2.33 bits per heavy atom. The summed E-state index contributed by atoms with van der Waals surface area (Å²) >= 11 is 0. The third kappa shape index (κ3) is 3.47. The van der Waals surface area contributed by atoms with Gasteiger partial charge in [-0.05, 0) is 18.9 Å². The van der Waals surface area contributed by atoms with Crippen LogP contribution in [0.25, 0.3) is 0 Å². The molecule has 0 bridgehead atoms. The number of carbonyl (C=O) groups excluding carboxylic acids is 1. The summed E-state index contributed by atoms with van der Waals surface area (Å²) in [4.78, 5) is 13.8. The van der Waals surface area contributed by atoms with E-state index in [1.807, 2.05) is 4.90 Å². The monoisotopic (exact) mass is 214 g/mol. The molecule has 0 aromatic rings. The molecule has 0 aromatic heterocycles. The molecule has 1 aliphatic heterocycles. The maximum atomic E-state index is 11.8. The van der Waals surface area contributed by atoms with Gasteiger partial charge in [0, 0.05) is 6.54 Å². The second-order valence-electron chi connectivity index (χ2n) is 4.37. The lowest BCUT2D eigenvalue weighted by Gasteiger charge is -2.32. The van der Waals surface area contributed by atoms with Gasteiger partial charge < -0.3 is 15.4 Å². The highest BCUT2D eigenvalue weighted by Crippen LogP contribution is 2.16. The van der Waals surface area contributed by atoms with Crippen molar-refractivity contribution in [3.05, 3.63) is 0 Å². The zero-order valence-electron chi connectivity index (χ0n) is 9.74. The van der Waals surface area contributed by atoms with Gasteiger partial charge in [0.15, 0.2) is 0 Å². The average molecular weight is 214 g/mol. The Morgan fingerprint density at radius 1 is 1.60 bits per heavy atom. The molecule has 1 saturated heterocycles. The lowest BCUT2D eigenvalue weighted by Crippen LogP contribution is -2.45. The molecule has 4 heteroatoms. The van der Waals surface area contributed by atoms with E-state index in [9.17, 15) is 4.79 Å². The molecule has 15 heavy (non-hydrogen) atoms. The number of hydrogen-bond donors (Lipinski definition) is 1. The predicted molar refractivity (Wildman–Crippen MR) is 59.4 cm³/mol. The maximum Gasteiger partial charge on any atom is 0.225 e. The Morgan fingerprint density at radius 3 is 2.93 bits per heavy atom. The molecule has 88 valence electrons. The minimum atomic E-state index is 0.208. The maximum absolute atomic E-state index is 11.8. The standard InChI is InChI=1S/C11H22N2O2/c1-9(2)10-8-15-7-4-11(14)13(10)6-3-5-12/h9-10H,3-8,12H2,1-2H3. The summed E-state index contributed by atoms with van der Waals surface area (Å²) in [7, 11) is 0. The fraction of sp³-hybridized carbons (Fsp3) is 0.909. The molecular formula is C11H22N2O2. The molecule has 1 rings (SSSR count). The summed E-state index contributed by atoms with van der Waals surface area (Å²) < 4.78 is 5.46. The van der Waals surface area contributed by atoms with E-state index >= 15 is 0 Å². The molecule has 1 unspecified atom stereocenters. The molecule has 1 amide bonds. The number of hydrogen-bond acceptors (Lipinski definition) is 3. The van der Waals surface area contributed by atoms with Crippen molar-refractivity contribution in [3.63, 3.8) is 0 Å². The smallest absolute Gasteiger partial charge is 0.225 e. The number of nitrogens with zero attached hydrogens (tertiary/aromatic N) is 1. The summed E-state index contributed by atoms with van der Waals surface area (Å²) in [5.41, 5.74) is 5.48. The average Bonchev–Trinajstić information content (AvgIpc) is 2.37. The number of rotatable bonds is 4. The van der Waals surface area contributed by atoms with E-state index < -0.39 is 0 Å². The van der Waals surface area contributed by atoms with E-state index in [2.05, 4.69) is 13.8 Å². The summed E-state index contributed by atoms with van der Waals surface area (Å²) in [6, 6.07) is 0.214. The van der Waals surface area contributed by atoms with Gasteiger partial charge >= 0.3 is 0 Å². The Bertz CT molecular complexity index is 207. The van der Waals surface area contributed by atoms with Crippen LogP contribution in [-0.4, -0.2) is 43.2 Å². The van der Waals surface area contributed by atoms with Crippen molar-refractivity contribution in [3.8, 4) is 0 Å². The third-order valence-electron chi connectivity index (χ3n) is 2.84. The molecule has 1 atom stereocenters. The van der Waals surface area contributed by atoms with Crippen LogP contribution in [0.2, 0.25) is 0 Å². The SMILES string of the molecule is CC(C)C1COCCC(=O)N1CCCN. The molecule has 0 spiro atoms. The lowest BCUT2D eigenvalue weighted by molar-refractivity contribution is -0.133. The largest absolute Gasteiger partial charge is 0.379 e. The van der Waals surface area contributed by atoms with Crippen LogP contribution >= 0.6 is 0 Å². The molecule has 1 aliphatic rings. The summed E-state index contributed by atoms with van der Waals surface area (Å²) in [6.45, 7) is 6.87. The summed E-state index contributed by atoms with van der Waals surface area (Å²) in [5.74, 6) is 0.643.